The van der Waals surface area contributed by atoms with E-state index in [2.05, 4.69) is 5.32 Å². The molecule has 2 aliphatic rings. The zero-order valence-corrected chi connectivity index (χ0v) is 20.7. The van der Waals surface area contributed by atoms with Crippen molar-refractivity contribution in [2.45, 2.75) is 45.1 Å². The van der Waals surface area contributed by atoms with Crippen LogP contribution in [0.1, 0.15) is 58.4 Å². The number of nitrogens with zero attached hydrogens (tertiary/aromatic N) is 2. The Bertz CT molecular complexity index is 1040. The summed E-state index contributed by atoms with van der Waals surface area (Å²) in [5.41, 5.74) is 2.24. The largest absolute Gasteiger partial charge is 0.497 e. The van der Waals surface area contributed by atoms with Gasteiger partial charge in [0.05, 0.1) is 7.11 Å². The fraction of sp³-hybridized carbons (Fsp3) is 0.464. The Morgan fingerprint density at radius 1 is 0.886 bits per heavy atom. The van der Waals surface area contributed by atoms with E-state index in [1.807, 2.05) is 41.0 Å². The fourth-order valence-corrected chi connectivity index (χ4v) is 5.06. The number of aryl methyl sites for hydroxylation is 1. The lowest BCUT2D eigenvalue weighted by Gasteiger charge is -2.38. The number of piperidine rings is 2. The van der Waals surface area contributed by atoms with Crippen LogP contribution in [0, 0.1) is 12.8 Å². The van der Waals surface area contributed by atoms with Crippen LogP contribution >= 0.6 is 0 Å². The number of nitrogens with one attached hydrogen (secondary N) is 1. The van der Waals surface area contributed by atoms with Crippen molar-refractivity contribution in [2.24, 2.45) is 5.92 Å². The van der Waals surface area contributed by atoms with Gasteiger partial charge in [-0.1, -0.05) is 17.7 Å². The van der Waals surface area contributed by atoms with E-state index in [1.54, 1.807) is 31.4 Å². The summed E-state index contributed by atoms with van der Waals surface area (Å²) in [6.07, 6.45) is 4.46. The molecular weight excluding hydrogens is 442 g/mol. The van der Waals surface area contributed by atoms with E-state index >= 15 is 0 Å². The minimum Gasteiger partial charge on any atom is -0.497 e. The average molecular weight is 478 g/mol. The van der Waals surface area contributed by atoms with Crippen LogP contribution in [-0.2, 0) is 4.79 Å². The molecule has 0 spiro atoms. The molecule has 7 nitrogen and oxygen atoms in total. The summed E-state index contributed by atoms with van der Waals surface area (Å²) in [4.78, 5) is 43.4. The molecule has 2 aromatic rings. The van der Waals surface area contributed by atoms with Crippen LogP contribution in [0.25, 0.3) is 0 Å². The minimum absolute atomic E-state index is 0.00461. The number of likely N-dealkylation sites (tertiary alicyclic amines) is 2. The van der Waals surface area contributed by atoms with Gasteiger partial charge in [0.25, 0.3) is 11.8 Å². The molecule has 2 saturated heterocycles. The summed E-state index contributed by atoms with van der Waals surface area (Å²) in [6, 6.07) is 13.9. The minimum atomic E-state index is -0.598. The predicted molar refractivity (Wildman–Crippen MR) is 134 cm³/mol. The highest BCUT2D eigenvalue weighted by Gasteiger charge is 2.36. The van der Waals surface area contributed by atoms with Gasteiger partial charge < -0.3 is 19.9 Å². The Hall–Kier alpha value is -3.35. The third kappa shape index (κ3) is 6.02. The Labute approximate surface area is 207 Å². The quantitative estimate of drug-likeness (QED) is 0.689. The molecule has 4 rings (SSSR count). The Balaban J connectivity index is 1.46. The lowest BCUT2D eigenvalue weighted by Crippen LogP contribution is -2.55. The molecule has 1 unspecified atom stereocenters. The molecule has 1 N–H and O–H groups in total. The molecule has 0 bridgehead atoms. The number of amides is 3. The fourth-order valence-electron chi connectivity index (χ4n) is 5.06. The third-order valence-electron chi connectivity index (χ3n) is 7.14. The number of methoxy groups -OCH3 is 1. The monoisotopic (exact) mass is 477 g/mol. The van der Waals surface area contributed by atoms with Crippen LogP contribution in [-0.4, -0.2) is 66.9 Å². The number of ether oxygens (including phenoxy) is 1. The highest BCUT2D eigenvalue weighted by molar-refractivity contribution is 5.98. The first-order chi connectivity index (χ1) is 17.0. The van der Waals surface area contributed by atoms with Gasteiger partial charge in [-0.2, -0.15) is 0 Å². The molecule has 186 valence electrons. The maximum absolute atomic E-state index is 13.5. The first-order valence-electron chi connectivity index (χ1n) is 12.6. The number of hydrogen-bond acceptors (Lipinski definition) is 4. The molecule has 1 atom stereocenters. The molecule has 7 heteroatoms. The third-order valence-corrected chi connectivity index (χ3v) is 7.14. The van der Waals surface area contributed by atoms with Crippen molar-refractivity contribution in [3.63, 3.8) is 0 Å². The second-order valence-electron chi connectivity index (χ2n) is 9.56. The van der Waals surface area contributed by atoms with Crippen molar-refractivity contribution >= 4 is 17.7 Å². The topological polar surface area (TPSA) is 79.0 Å². The van der Waals surface area contributed by atoms with Gasteiger partial charge in [0.1, 0.15) is 11.8 Å². The smallest absolute Gasteiger partial charge is 0.253 e. The molecule has 35 heavy (non-hydrogen) atoms. The summed E-state index contributed by atoms with van der Waals surface area (Å²) < 4.78 is 5.19. The maximum atomic E-state index is 13.5. The van der Waals surface area contributed by atoms with Crippen molar-refractivity contribution in [1.29, 1.82) is 0 Å². The molecular formula is C28H35N3O4. The SMILES string of the molecule is COc1ccc(C(=O)NC(C(=O)N2CCCCC2)C2CCN(C(=O)c3cccc(C)c3)CC2)cc1. The van der Waals surface area contributed by atoms with E-state index in [-0.39, 0.29) is 23.6 Å². The zero-order chi connectivity index (χ0) is 24.8. The Morgan fingerprint density at radius 2 is 1.57 bits per heavy atom. The Kier molecular flexibility index (Phi) is 8.06. The molecule has 2 aliphatic heterocycles. The summed E-state index contributed by atoms with van der Waals surface area (Å²) in [7, 11) is 1.58. The van der Waals surface area contributed by atoms with E-state index in [0.717, 1.165) is 37.9 Å². The van der Waals surface area contributed by atoms with Crippen molar-refractivity contribution in [3.8, 4) is 5.75 Å². The van der Waals surface area contributed by atoms with Gasteiger partial charge in [-0.25, -0.2) is 0 Å². The standard InChI is InChI=1S/C28H35N3O4/c1-20-7-6-8-23(19-20)27(33)31-17-13-21(14-18-31)25(28(34)30-15-4-3-5-16-30)29-26(32)22-9-11-24(35-2)12-10-22/h6-12,19,21,25H,3-5,13-18H2,1-2H3,(H,29,32). The van der Waals surface area contributed by atoms with E-state index < -0.39 is 6.04 Å². The van der Waals surface area contributed by atoms with E-state index in [0.29, 0.717) is 42.8 Å². The van der Waals surface area contributed by atoms with Gasteiger partial charge in [-0.05, 0) is 81.3 Å². The molecule has 3 amide bonds. The number of carbonyl (C=O) groups excluding carboxylic acids is 3. The summed E-state index contributed by atoms with van der Waals surface area (Å²) in [5.74, 6) is 0.408. The van der Waals surface area contributed by atoms with E-state index in [9.17, 15) is 14.4 Å². The summed E-state index contributed by atoms with van der Waals surface area (Å²) in [5, 5.41) is 3.05. The second kappa shape index (κ2) is 11.4. The summed E-state index contributed by atoms with van der Waals surface area (Å²) >= 11 is 0. The van der Waals surface area contributed by atoms with Gasteiger partial charge in [-0.3, -0.25) is 14.4 Å². The van der Waals surface area contributed by atoms with Crippen LogP contribution in [0.4, 0.5) is 0 Å². The molecule has 0 saturated carbocycles. The van der Waals surface area contributed by atoms with Crippen molar-refractivity contribution in [2.75, 3.05) is 33.3 Å². The first kappa shape index (κ1) is 24.8. The van der Waals surface area contributed by atoms with Gasteiger partial charge in [0, 0.05) is 37.3 Å². The van der Waals surface area contributed by atoms with E-state index in [1.165, 1.54) is 0 Å². The highest BCUT2D eigenvalue weighted by Crippen LogP contribution is 2.25. The van der Waals surface area contributed by atoms with Crippen LogP contribution in [0.3, 0.4) is 0 Å². The average Bonchev–Trinajstić information content (AvgIpc) is 2.91. The van der Waals surface area contributed by atoms with Crippen LogP contribution in [0.15, 0.2) is 48.5 Å². The zero-order valence-electron chi connectivity index (χ0n) is 20.7. The maximum Gasteiger partial charge on any atom is 0.253 e. The van der Waals surface area contributed by atoms with E-state index in [4.69, 9.17) is 4.74 Å². The molecule has 0 aliphatic carbocycles. The lowest BCUT2D eigenvalue weighted by molar-refractivity contribution is -0.136. The van der Waals surface area contributed by atoms with Crippen LogP contribution in [0.2, 0.25) is 0 Å². The summed E-state index contributed by atoms with van der Waals surface area (Å²) in [6.45, 7) is 4.58. The number of carbonyl (C=O) groups is 3. The number of hydrogen-bond donors (Lipinski definition) is 1. The van der Waals surface area contributed by atoms with Gasteiger partial charge in [0.15, 0.2) is 0 Å². The molecule has 2 fully saturated rings. The second-order valence-corrected chi connectivity index (χ2v) is 9.56. The number of benzene rings is 2. The molecule has 0 radical (unpaired) electrons. The van der Waals surface area contributed by atoms with Crippen molar-refractivity contribution in [1.82, 2.24) is 15.1 Å². The molecule has 2 aromatic carbocycles. The molecule has 0 aromatic heterocycles. The normalized spacial score (nSPS) is 17.5. The predicted octanol–water partition coefficient (Wildman–Crippen LogP) is 3.67. The van der Waals surface area contributed by atoms with Crippen LogP contribution < -0.4 is 10.1 Å². The van der Waals surface area contributed by atoms with Gasteiger partial charge >= 0.3 is 0 Å². The van der Waals surface area contributed by atoms with Crippen molar-refractivity contribution < 1.29 is 19.1 Å². The lowest BCUT2D eigenvalue weighted by atomic mass is 9.87. The first-order valence-corrected chi connectivity index (χ1v) is 12.6. The van der Waals surface area contributed by atoms with Crippen LogP contribution in [0.5, 0.6) is 5.75 Å². The van der Waals surface area contributed by atoms with Crippen molar-refractivity contribution in [3.05, 3.63) is 65.2 Å². The molecule has 2 heterocycles. The van der Waals surface area contributed by atoms with Gasteiger partial charge in [-0.15, -0.1) is 0 Å². The highest BCUT2D eigenvalue weighted by atomic mass is 16.5. The van der Waals surface area contributed by atoms with Gasteiger partial charge in [0.2, 0.25) is 5.91 Å². The Morgan fingerprint density at radius 3 is 2.20 bits per heavy atom. The number of rotatable bonds is 6.